The molecule has 0 saturated heterocycles. The van der Waals surface area contributed by atoms with Crippen LogP contribution in [-0.4, -0.2) is 37.2 Å². The molecular formula is C77H140O6. The highest BCUT2D eigenvalue weighted by molar-refractivity contribution is 5.71. The van der Waals surface area contributed by atoms with Crippen LogP contribution in [0.2, 0.25) is 0 Å². The summed E-state index contributed by atoms with van der Waals surface area (Å²) in [6, 6.07) is 0. The summed E-state index contributed by atoms with van der Waals surface area (Å²) in [6.45, 7) is 6.68. The Kier molecular flexibility index (Phi) is 69.1. The van der Waals surface area contributed by atoms with Gasteiger partial charge in [-0.15, -0.1) is 0 Å². The molecule has 0 rings (SSSR count). The normalized spacial score (nSPS) is 12.4. The van der Waals surface area contributed by atoms with Crippen molar-refractivity contribution < 1.29 is 28.6 Å². The van der Waals surface area contributed by atoms with E-state index in [0.717, 1.165) is 83.5 Å². The van der Waals surface area contributed by atoms with Crippen LogP contribution >= 0.6 is 0 Å². The first-order valence-corrected chi connectivity index (χ1v) is 36.8. The number of ether oxygens (including phenoxy) is 3. The second-order valence-electron chi connectivity index (χ2n) is 24.9. The number of esters is 3. The molecule has 0 N–H and O–H groups in total. The van der Waals surface area contributed by atoms with Crippen molar-refractivity contribution in [3.63, 3.8) is 0 Å². The lowest BCUT2D eigenvalue weighted by Gasteiger charge is -2.18. The summed E-state index contributed by atoms with van der Waals surface area (Å²) >= 11 is 0. The number of allylic oxidation sites excluding steroid dienone is 10. The molecule has 0 aliphatic rings. The third kappa shape index (κ3) is 69.8. The maximum Gasteiger partial charge on any atom is 0.306 e. The zero-order valence-corrected chi connectivity index (χ0v) is 55.7. The standard InChI is InChI=1S/C77H140O6/c1-4-7-10-13-16-19-22-25-28-31-33-35-37-38-40-41-43-46-49-52-55-58-61-64-67-70-76(79)82-73-74(72-81-75(78)69-66-63-60-57-54-51-48-45-30-27-24-21-18-15-12-9-6-3)83-77(80)71-68-65-62-59-56-53-50-47-44-42-39-36-34-32-29-26-23-20-17-14-11-8-5-2/h22-23,25-26,31-34,39,42,74H,4-21,24,27-30,35-38,40-41,43-73H2,1-3H3/b25-22-,26-23-,33-31-,34-32-,42-39-. The highest BCUT2D eigenvalue weighted by Gasteiger charge is 2.19. The highest BCUT2D eigenvalue weighted by Crippen LogP contribution is 2.18. The van der Waals surface area contributed by atoms with Crippen molar-refractivity contribution in [1.29, 1.82) is 0 Å². The van der Waals surface area contributed by atoms with E-state index >= 15 is 0 Å². The molecule has 6 nitrogen and oxygen atoms in total. The van der Waals surface area contributed by atoms with Crippen molar-refractivity contribution in [2.45, 2.75) is 399 Å². The zero-order chi connectivity index (χ0) is 59.9. The van der Waals surface area contributed by atoms with E-state index in [4.69, 9.17) is 14.2 Å². The van der Waals surface area contributed by atoms with Crippen molar-refractivity contribution in [2.75, 3.05) is 13.2 Å². The Morgan fingerprint density at radius 2 is 0.434 bits per heavy atom. The van der Waals surface area contributed by atoms with Crippen LogP contribution in [0.5, 0.6) is 0 Å². The summed E-state index contributed by atoms with van der Waals surface area (Å²) in [5.74, 6) is -0.854. The maximum atomic E-state index is 13.0. The molecule has 0 fully saturated rings. The molecule has 0 heterocycles. The fourth-order valence-electron chi connectivity index (χ4n) is 11.0. The molecule has 0 spiro atoms. The summed E-state index contributed by atoms with van der Waals surface area (Å²) < 4.78 is 17.0. The molecule has 0 radical (unpaired) electrons. The van der Waals surface area contributed by atoms with E-state index in [1.807, 2.05) is 0 Å². The fourth-order valence-corrected chi connectivity index (χ4v) is 11.0. The van der Waals surface area contributed by atoms with Crippen molar-refractivity contribution in [3.8, 4) is 0 Å². The molecule has 0 aliphatic carbocycles. The molecule has 0 aromatic rings. The van der Waals surface area contributed by atoms with Gasteiger partial charge in [-0.2, -0.15) is 0 Å². The zero-order valence-electron chi connectivity index (χ0n) is 55.7. The molecular weight excluding hydrogens is 1020 g/mol. The summed E-state index contributed by atoms with van der Waals surface area (Å²) in [4.78, 5) is 38.5. The first-order valence-electron chi connectivity index (χ1n) is 36.8. The number of hydrogen-bond acceptors (Lipinski definition) is 6. The minimum Gasteiger partial charge on any atom is -0.462 e. The van der Waals surface area contributed by atoms with E-state index in [1.54, 1.807) is 0 Å². The van der Waals surface area contributed by atoms with Gasteiger partial charge in [0, 0.05) is 19.3 Å². The topological polar surface area (TPSA) is 78.9 Å². The SMILES string of the molecule is CCCCCCC/C=C\C/C=C\C/C=C\CCCCCCCCCCC(=O)OC(COC(=O)CCCCCCCCCCCCCCC/C=C\C/C=C\CCCCCCC)COC(=O)CCCCCCCCCCCCCCCCCCC. The van der Waals surface area contributed by atoms with Gasteiger partial charge in [0.1, 0.15) is 13.2 Å². The average molecular weight is 1160 g/mol. The molecule has 1 atom stereocenters. The molecule has 0 aliphatic heterocycles. The van der Waals surface area contributed by atoms with Crippen LogP contribution < -0.4 is 0 Å². The fraction of sp³-hybridized carbons (Fsp3) is 0.831. The molecule has 0 aromatic carbocycles. The van der Waals surface area contributed by atoms with Crippen molar-refractivity contribution >= 4 is 17.9 Å². The van der Waals surface area contributed by atoms with Gasteiger partial charge in [-0.1, -0.05) is 345 Å². The minimum atomic E-state index is -0.779. The van der Waals surface area contributed by atoms with Crippen molar-refractivity contribution in [1.82, 2.24) is 0 Å². The monoisotopic (exact) mass is 1160 g/mol. The quantitative estimate of drug-likeness (QED) is 0.0261. The summed E-state index contributed by atoms with van der Waals surface area (Å²) in [5.41, 5.74) is 0. The minimum absolute atomic E-state index is 0.0729. The maximum absolute atomic E-state index is 13.0. The van der Waals surface area contributed by atoms with E-state index in [2.05, 4.69) is 81.5 Å². The lowest BCUT2D eigenvalue weighted by Crippen LogP contribution is -2.30. The van der Waals surface area contributed by atoms with Gasteiger partial charge in [0.05, 0.1) is 0 Å². The molecule has 0 saturated carbocycles. The van der Waals surface area contributed by atoms with Crippen LogP contribution in [0.1, 0.15) is 393 Å². The van der Waals surface area contributed by atoms with Gasteiger partial charge in [-0.05, 0) is 89.9 Å². The van der Waals surface area contributed by atoms with Crippen LogP contribution in [0.15, 0.2) is 60.8 Å². The highest BCUT2D eigenvalue weighted by atomic mass is 16.6. The molecule has 484 valence electrons. The second kappa shape index (κ2) is 71.6. The lowest BCUT2D eigenvalue weighted by atomic mass is 10.0. The van der Waals surface area contributed by atoms with E-state index in [9.17, 15) is 14.4 Å². The Morgan fingerprint density at radius 1 is 0.241 bits per heavy atom. The lowest BCUT2D eigenvalue weighted by molar-refractivity contribution is -0.167. The van der Waals surface area contributed by atoms with Crippen LogP contribution in [0, 0.1) is 0 Å². The third-order valence-corrected chi connectivity index (χ3v) is 16.5. The smallest absolute Gasteiger partial charge is 0.306 e. The van der Waals surface area contributed by atoms with E-state index in [0.29, 0.717) is 19.3 Å². The van der Waals surface area contributed by atoms with Crippen LogP contribution in [0.4, 0.5) is 0 Å². The number of rotatable bonds is 68. The summed E-state index contributed by atoms with van der Waals surface area (Å²) in [5, 5.41) is 0. The number of carbonyl (C=O) groups is 3. The van der Waals surface area contributed by atoms with E-state index in [1.165, 1.54) is 270 Å². The van der Waals surface area contributed by atoms with Gasteiger partial charge in [-0.25, -0.2) is 0 Å². The van der Waals surface area contributed by atoms with Crippen LogP contribution in [0.25, 0.3) is 0 Å². The number of hydrogen-bond donors (Lipinski definition) is 0. The van der Waals surface area contributed by atoms with E-state index < -0.39 is 6.10 Å². The van der Waals surface area contributed by atoms with Gasteiger partial charge in [-0.3, -0.25) is 14.4 Å². The first-order chi connectivity index (χ1) is 41.0. The second-order valence-corrected chi connectivity index (χ2v) is 24.9. The number of unbranched alkanes of at least 4 members (excludes halogenated alkanes) is 47. The summed E-state index contributed by atoms with van der Waals surface area (Å²) in [7, 11) is 0. The van der Waals surface area contributed by atoms with Gasteiger partial charge in [0.15, 0.2) is 6.10 Å². The Labute approximate surface area is 517 Å². The molecule has 0 aromatic heterocycles. The van der Waals surface area contributed by atoms with Gasteiger partial charge in [0.25, 0.3) is 0 Å². The van der Waals surface area contributed by atoms with Crippen molar-refractivity contribution in [2.24, 2.45) is 0 Å². The third-order valence-electron chi connectivity index (χ3n) is 16.5. The van der Waals surface area contributed by atoms with Crippen LogP contribution in [0.3, 0.4) is 0 Å². The number of carbonyl (C=O) groups excluding carboxylic acids is 3. The molecule has 83 heavy (non-hydrogen) atoms. The predicted molar refractivity (Wildman–Crippen MR) is 362 cm³/mol. The summed E-state index contributed by atoms with van der Waals surface area (Å²) in [6.07, 6.45) is 92.4. The predicted octanol–water partition coefficient (Wildman–Crippen LogP) is 25.5. The molecule has 6 heteroatoms. The Hall–Kier alpha value is -2.89. The Bertz CT molecular complexity index is 1470. The van der Waals surface area contributed by atoms with Gasteiger partial charge < -0.3 is 14.2 Å². The largest absolute Gasteiger partial charge is 0.462 e. The van der Waals surface area contributed by atoms with E-state index in [-0.39, 0.29) is 31.1 Å². The molecule has 0 bridgehead atoms. The van der Waals surface area contributed by atoms with Crippen molar-refractivity contribution in [3.05, 3.63) is 60.8 Å². The first kappa shape index (κ1) is 80.1. The molecule has 1 unspecified atom stereocenters. The van der Waals surface area contributed by atoms with Gasteiger partial charge >= 0.3 is 17.9 Å². The average Bonchev–Trinajstić information content (AvgIpc) is 3.49. The Morgan fingerprint density at radius 3 is 0.675 bits per heavy atom. The van der Waals surface area contributed by atoms with Crippen LogP contribution in [-0.2, 0) is 28.6 Å². The molecule has 0 amide bonds. The van der Waals surface area contributed by atoms with Gasteiger partial charge in [0.2, 0.25) is 0 Å². The Balaban J connectivity index is 4.33.